The van der Waals surface area contributed by atoms with Crippen LogP contribution in [0.4, 0.5) is 14.6 Å². The van der Waals surface area contributed by atoms with Crippen molar-refractivity contribution in [1.82, 2.24) is 14.9 Å². The van der Waals surface area contributed by atoms with Gasteiger partial charge in [-0.3, -0.25) is 4.90 Å². The second-order valence-electron chi connectivity index (χ2n) is 5.57. The largest absolute Gasteiger partial charge is 0.354 e. The Balaban J connectivity index is 1.61. The molecule has 0 saturated carbocycles. The van der Waals surface area contributed by atoms with Gasteiger partial charge in [0.05, 0.1) is 0 Å². The number of benzene rings is 1. The number of rotatable bonds is 3. The maximum absolute atomic E-state index is 13.2. The quantitative estimate of drug-likeness (QED) is 0.871. The molecule has 1 aromatic carbocycles. The molecule has 1 saturated heterocycles. The summed E-state index contributed by atoms with van der Waals surface area (Å²) < 4.78 is 26.5. The molecule has 0 unspecified atom stereocenters. The number of aromatic nitrogens is 2. The van der Waals surface area contributed by atoms with E-state index in [1.54, 1.807) is 6.33 Å². The van der Waals surface area contributed by atoms with Gasteiger partial charge in [0.2, 0.25) is 0 Å². The van der Waals surface area contributed by atoms with Gasteiger partial charge in [-0.1, -0.05) is 0 Å². The first-order chi connectivity index (χ1) is 10.6. The third-order valence-electron chi connectivity index (χ3n) is 3.87. The van der Waals surface area contributed by atoms with Crippen molar-refractivity contribution in [3.05, 3.63) is 53.5 Å². The van der Waals surface area contributed by atoms with E-state index in [1.165, 1.54) is 12.1 Å². The predicted molar refractivity (Wildman–Crippen MR) is 80.6 cm³/mol. The molecule has 4 nitrogen and oxygen atoms in total. The van der Waals surface area contributed by atoms with Crippen molar-refractivity contribution in [2.24, 2.45) is 0 Å². The lowest BCUT2D eigenvalue weighted by molar-refractivity contribution is 0.248. The summed E-state index contributed by atoms with van der Waals surface area (Å²) in [6.45, 7) is 5.91. The molecule has 0 aliphatic carbocycles. The maximum Gasteiger partial charge on any atom is 0.134 e. The number of aryl methyl sites for hydroxylation is 1. The molecule has 1 aromatic heterocycles. The zero-order valence-electron chi connectivity index (χ0n) is 12.5. The Morgan fingerprint density at radius 3 is 2.36 bits per heavy atom. The topological polar surface area (TPSA) is 32.3 Å². The van der Waals surface area contributed by atoms with Crippen molar-refractivity contribution in [2.45, 2.75) is 13.5 Å². The molecule has 1 aliphatic heterocycles. The van der Waals surface area contributed by atoms with Crippen LogP contribution in [0, 0.1) is 18.6 Å². The van der Waals surface area contributed by atoms with E-state index in [0.29, 0.717) is 12.1 Å². The fourth-order valence-corrected chi connectivity index (χ4v) is 2.80. The Morgan fingerprint density at radius 2 is 1.73 bits per heavy atom. The number of anilines is 1. The Hall–Kier alpha value is -2.08. The summed E-state index contributed by atoms with van der Waals surface area (Å²) in [5, 5.41) is 0. The average Bonchev–Trinajstić information content (AvgIpc) is 2.48. The Kier molecular flexibility index (Phi) is 4.29. The SMILES string of the molecule is Cc1cncnc1N1CCN(Cc2cc(F)cc(F)c2)CC1. The molecular weight excluding hydrogens is 286 g/mol. The van der Waals surface area contributed by atoms with Crippen molar-refractivity contribution in [3.63, 3.8) is 0 Å². The molecule has 0 bridgehead atoms. The van der Waals surface area contributed by atoms with Gasteiger partial charge in [0.1, 0.15) is 23.8 Å². The van der Waals surface area contributed by atoms with Crippen LogP contribution in [0.2, 0.25) is 0 Å². The van der Waals surface area contributed by atoms with Crippen LogP contribution >= 0.6 is 0 Å². The van der Waals surface area contributed by atoms with Gasteiger partial charge >= 0.3 is 0 Å². The predicted octanol–water partition coefficient (Wildman–Crippen LogP) is 2.39. The van der Waals surface area contributed by atoms with Crippen LogP contribution in [0.3, 0.4) is 0 Å². The molecule has 6 heteroatoms. The average molecular weight is 304 g/mol. The highest BCUT2D eigenvalue weighted by Gasteiger charge is 2.19. The van der Waals surface area contributed by atoms with Crippen LogP contribution in [-0.2, 0) is 6.54 Å². The van der Waals surface area contributed by atoms with Gasteiger partial charge in [-0.05, 0) is 24.6 Å². The minimum Gasteiger partial charge on any atom is -0.354 e. The molecule has 0 spiro atoms. The van der Waals surface area contributed by atoms with Gasteiger partial charge in [-0.15, -0.1) is 0 Å². The van der Waals surface area contributed by atoms with Gasteiger partial charge in [-0.25, -0.2) is 18.7 Å². The molecule has 3 rings (SSSR count). The minimum absolute atomic E-state index is 0.523. The van der Waals surface area contributed by atoms with Gasteiger partial charge < -0.3 is 4.90 Å². The zero-order valence-corrected chi connectivity index (χ0v) is 12.5. The molecule has 2 heterocycles. The van der Waals surface area contributed by atoms with Crippen LogP contribution in [0.15, 0.2) is 30.7 Å². The lowest BCUT2D eigenvalue weighted by Gasteiger charge is -2.35. The molecule has 0 amide bonds. The summed E-state index contributed by atoms with van der Waals surface area (Å²) >= 11 is 0. The number of hydrogen-bond donors (Lipinski definition) is 0. The standard InChI is InChI=1S/C16H18F2N4/c1-12-9-19-11-20-16(12)22-4-2-21(3-5-22)10-13-6-14(17)8-15(18)7-13/h6-9,11H,2-5,10H2,1H3. The van der Waals surface area contributed by atoms with E-state index in [9.17, 15) is 8.78 Å². The first kappa shape index (κ1) is 14.8. The molecule has 0 radical (unpaired) electrons. The molecule has 1 aliphatic rings. The molecule has 2 aromatic rings. The minimum atomic E-state index is -0.523. The molecule has 0 atom stereocenters. The fraction of sp³-hybridized carbons (Fsp3) is 0.375. The van der Waals surface area contributed by atoms with E-state index in [-0.39, 0.29) is 0 Å². The summed E-state index contributed by atoms with van der Waals surface area (Å²) in [4.78, 5) is 12.8. The monoisotopic (exact) mass is 304 g/mol. The van der Waals surface area contributed by atoms with Crippen molar-refractivity contribution < 1.29 is 8.78 Å². The van der Waals surface area contributed by atoms with Gasteiger partial charge in [0.25, 0.3) is 0 Å². The fourth-order valence-electron chi connectivity index (χ4n) is 2.80. The summed E-state index contributed by atoms with van der Waals surface area (Å²) in [5.74, 6) is -0.0815. The summed E-state index contributed by atoms with van der Waals surface area (Å²) in [5.41, 5.74) is 1.73. The highest BCUT2D eigenvalue weighted by Crippen LogP contribution is 2.18. The first-order valence-electron chi connectivity index (χ1n) is 7.31. The summed E-state index contributed by atoms with van der Waals surface area (Å²) in [6.07, 6.45) is 3.37. The van der Waals surface area contributed by atoms with Crippen LogP contribution in [0.1, 0.15) is 11.1 Å². The number of piperazine rings is 1. The van der Waals surface area contributed by atoms with E-state index in [1.807, 2.05) is 13.1 Å². The molecule has 1 fully saturated rings. The molecular formula is C16H18F2N4. The van der Waals surface area contributed by atoms with Gasteiger partial charge in [0.15, 0.2) is 0 Å². The molecule has 22 heavy (non-hydrogen) atoms. The van der Waals surface area contributed by atoms with Crippen molar-refractivity contribution in [2.75, 3.05) is 31.1 Å². The lowest BCUT2D eigenvalue weighted by atomic mass is 10.2. The Bertz CT molecular complexity index is 634. The van der Waals surface area contributed by atoms with E-state index in [2.05, 4.69) is 19.8 Å². The summed E-state index contributed by atoms with van der Waals surface area (Å²) in [6, 6.07) is 3.69. The summed E-state index contributed by atoms with van der Waals surface area (Å²) in [7, 11) is 0. The van der Waals surface area contributed by atoms with Gasteiger partial charge in [0, 0.05) is 50.6 Å². The zero-order chi connectivity index (χ0) is 15.5. The molecule has 0 N–H and O–H groups in total. The smallest absolute Gasteiger partial charge is 0.134 e. The first-order valence-corrected chi connectivity index (χ1v) is 7.31. The highest BCUT2D eigenvalue weighted by atomic mass is 19.1. The van der Waals surface area contributed by atoms with Gasteiger partial charge in [-0.2, -0.15) is 0 Å². The number of hydrogen-bond acceptors (Lipinski definition) is 4. The Morgan fingerprint density at radius 1 is 1.05 bits per heavy atom. The lowest BCUT2D eigenvalue weighted by Crippen LogP contribution is -2.46. The second-order valence-corrected chi connectivity index (χ2v) is 5.57. The van der Waals surface area contributed by atoms with Crippen LogP contribution in [-0.4, -0.2) is 41.0 Å². The third kappa shape index (κ3) is 3.39. The van der Waals surface area contributed by atoms with E-state index < -0.39 is 11.6 Å². The van der Waals surface area contributed by atoms with Crippen LogP contribution < -0.4 is 4.90 Å². The second kappa shape index (κ2) is 6.36. The van der Waals surface area contributed by atoms with Crippen molar-refractivity contribution in [3.8, 4) is 0 Å². The molecule has 116 valence electrons. The number of nitrogens with zero attached hydrogens (tertiary/aromatic N) is 4. The van der Waals surface area contributed by atoms with E-state index >= 15 is 0 Å². The van der Waals surface area contributed by atoms with Crippen molar-refractivity contribution in [1.29, 1.82) is 0 Å². The van der Waals surface area contributed by atoms with Crippen LogP contribution in [0.25, 0.3) is 0 Å². The number of halogens is 2. The van der Waals surface area contributed by atoms with Crippen LogP contribution in [0.5, 0.6) is 0 Å². The Labute approximate surface area is 128 Å². The highest BCUT2D eigenvalue weighted by molar-refractivity contribution is 5.44. The van der Waals surface area contributed by atoms with E-state index in [4.69, 9.17) is 0 Å². The third-order valence-corrected chi connectivity index (χ3v) is 3.87. The van der Waals surface area contributed by atoms with Crippen molar-refractivity contribution >= 4 is 5.82 Å². The van der Waals surface area contributed by atoms with E-state index in [0.717, 1.165) is 43.6 Å². The normalized spacial score (nSPS) is 16.0. The maximum atomic E-state index is 13.2.